The third-order valence-corrected chi connectivity index (χ3v) is 5.03. The van der Waals surface area contributed by atoms with Crippen molar-refractivity contribution in [2.45, 2.75) is 26.3 Å². The molecule has 23 heavy (non-hydrogen) atoms. The molecular formula is C17H22N4OS. The first-order valence-corrected chi connectivity index (χ1v) is 8.91. The molecular weight excluding hydrogens is 308 g/mol. The van der Waals surface area contributed by atoms with Crippen LogP contribution in [-0.2, 0) is 6.54 Å². The number of nitrogens with one attached hydrogen (secondary N) is 1. The molecule has 0 saturated carbocycles. The Morgan fingerprint density at radius 1 is 1.48 bits per heavy atom. The van der Waals surface area contributed by atoms with Crippen LogP contribution in [0, 0.1) is 12.8 Å². The summed E-state index contributed by atoms with van der Waals surface area (Å²) in [5.41, 5.74) is 1.58. The predicted octanol–water partition coefficient (Wildman–Crippen LogP) is 2.49. The van der Waals surface area contributed by atoms with Gasteiger partial charge in [-0.25, -0.2) is 4.98 Å². The molecule has 1 saturated heterocycles. The van der Waals surface area contributed by atoms with Gasteiger partial charge in [-0.2, -0.15) is 0 Å². The summed E-state index contributed by atoms with van der Waals surface area (Å²) < 4.78 is 0. The van der Waals surface area contributed by atoms with Gasteiger partial charge < -0.3 is 5.32 Å². The van der Waals surface area contributed by atoms with E-state index in [0.717, 1.165) is 31.7 Å². The van der Waals surface area contributed by atoms with E-state index in [2.05, 4.69) is 25.6 Å². The number of rotatable bonds is 5. The van der Waals surface area contributed by atoms with Crippen LogP contribution in [0.5, 0.6) is 0 Å². The van der Waals surface area contributed by atoms with E-state index in [1.54, 1.807) is 23.6 Å². The third kappa shape index (κ3) is 4.59. The van der Waals surface area contributed by atoms with Gasteiger partial charge in [0.15, 0.2) is 0 Å². The number of carbonyl (C=O) groups is 1. The second kappa shape index (κ2) is 7.66. The van der Waals surface area contributed by atoms with Gasteiger partial charge >= 0.3 is 0 Å². The number of piperidine rings is 1. The number of aromatic nitrogens is 2. The Bertz CT molecular complexity index is 643. The first-order valence-electron chi connectivity index (χ1n) is 8.03. The topological polar surface area (TPSA) is 58.1 Å². The van der Waals surface area contributed by atoms with Crippen molar-refractivity contribution < 1.29 is 4.79 Å². The molecule has 0 spiro atoms. The SMILES string of the molecule is Cc1csc(CN2CCCC(CNC(=O)c3ccccn3)C2)n1. The number of carbonyl (C=O) groups excluding carboxylic acids is 1. The summed E-state index contributed by atoms with van der Waals surface area (Å²) in [6, 6.07) is 5.39. The van der Waals surface area contributed by atoms with Crippen molar-refractivity contribution >= 4 is 17.2 Å². The van der Waals surface area contributed by atoms with Crippen LogP contribution in [0.1, 0.15) is 34.0 Å². The minimum Gasteiger partial charge on any atom is -0.350 e. The first kappa shape index (κ1) is 16.1. The predicted molar refractivity (Wildman–Crippen MR) is 91.4 cm³/mol. The van der Waals surface area contributed by atoms with Gasteiger partial charge in [0.1, 0.15) is 10.7 Å². The molecule has 1 unspecified atom stereocenters. The first-order chi connectivity index (χ1) is 11.2. The maximum absolute atomic E-state index is 12.1. The van der Waals surface area contributed by atoms with Crippen LogP contribution in [-0.4, -0.2) is 40.4 Å². The lowest BCUT2D eigenvalue weighted by Gasteiger charge is -2.32. The zero-order valence-corrected chi connectivity index (χ0v) is 14.2. The maximum Gasteiger partial charge on any atom is 0.269 e. The normalized spacial score (nSPS) is 18.7. The molecule has 0 aromatic carbocycles. The molecule has 1 N–H and O–H groups in total. The molecule has 1 fully saturated rings. The molecule has 5 nitrogen and oxygen atoms in total. The maximum atomic E-state index is 12.1. The Morgan fingerprint density at radius 2 is 2.39 bits per heavy atom. The van der Waals surface area contributed by atoms with E-state index in [4.69, 9.17) is 0 Å². The van der Waals surface area contributed by atoms with Gasteiger partial charge in [-0.3, -0.25) is 14.7 Å². The number of pyridine rings is 1. The second-order valence-electron chi connectivity index (χ2n) is 6.05. The van der Waals surface area contributed by atoms with Gasteiger partial charge in [0.05, 0.1) is 6.54 Å². The van der Waals surface area contributed by atoms with Gasteiger partial charge in [-0.1, -0.05) is 6.07 Å². The van der Waals surface area contributed by atoms with Gasteiger partial charge in [-0.05, 0) is 44.4 Å². The fraction of sp³-hybridized carbons (Fsp3) is 0.471. The molecule has 0 aliphatic carbocycles. The van der Waals surface area contributed by atoms with Crippen LogP contribution in [0.3, 0.4) is 0 Å². The number of thiazole rings is 1. The number of likely N-dealkylation sites (tertiary alicyclic amines) is 1. The number of aryl methyl sites for hydroxylation is 1. The third-order valence-electron chi connectivity index (χ3n) is 4.08. The summed E-state index contributed by atoms with van der Waals surface area (Å²) in [5.74, 6) is 0.413. The van der Waals surface area contributed by atoms with Crippen molar-refractivity contribution in [3.63, 3.8) is 0 Å². The van der Waals surface area contributed by atoms with Crippen molar-refractivity contribution in [1.29, 1.82) is 0 Å². The van der Waals surface area contributed by atoms with E-state index in [-0.39, 0.29) is 5.91 Å². The van der Waals surface area contributed by atoms with Crippen molar-refractivity contribution in [3.05, 3.63) is 46.2 Å². The molecule has 1 aliphatic rings. The van der Waals surface area contributed by atoms with Crippen molar-refractivity contribution in [2.24, 2.45) is 5.92 Å². The minimum atomic E-state index is -0.0849. The largest absolute Gasteiger partial charge is 0.350 e. The molecule has 0 bridgehead atoms. The van der Waals surface area contributed by atoms with E-state index in [0.29, 0.717) is 18.2 Å². The quantitative estimate of drug-likeness (QED) is 0.915. The highest BCUT2D eigenvalue weighted by molar-refractivity contribution is 7.09. The smallest absolute Gasteiger partial charge is 0.269 e. The Hall–Kier alpha value is -1.79. The number of hydrogen-bond donors (Lipinski definition) is 1. The minimum absolute atomic E-state index is 0.0849. The summed E-state index contributed by atoms with van der Waals surface area (Å²) in [4.78, 5) is 23.1. The van der Waals surface area contributed by atoms with E-state index < -0.39 is 0 Å². The average molecular weight is 330 g/mol. The molecule has 1 amide bonds. The van der Waals surface area contributed by atoms with Crippen LogP contribution >= 0.6 is 11.3 Å². The van der Waals surface area contributed by atoms with Crippen molar-refractivity contribution in [3.8, 4) is 0 Å². The Labute approximate surface area is 140 Å². The van der Waals surface area contributed by atoms with Gasteiger partial charge in [0.2, 0.25) is 0 Å². The molecule has 3 rings (SSSR count). The van der Waals surface area contributed by atoms with E-state index >= 15 is 0 Å². The number of nitrogens with zero attached hydrogens (tertiary/aromatic N) is 3. The highest BCUT2D eigenvalue weighted by Crippen LogP contribution is 2.19. The van der Waals surface area contributed by atoms with E-state index in [9.17, 15) is 4.79 Å². The van der Waals surface area contributed by atoms with E-state index in [1.807, 2.05) is 19.1 Å². The van der Waals surface area contributed by atoms with Gasteiger partial charge in [0, 0.05) is 30.4 Å². The van der Waals surface area contributed by atoms with Crippen LogP contribution in [0.15, 0.2) is 29.8 Å². The molecule has 2 aromatic heterocycles. The fourth-order valence-corrected chi connectivity index (χ4v) is 3.77. The molecule has 0 radical (unpaired) electrons. The molecule has 122 valence electrons. The van der Waals surface area contributed by atoms with Gasteiger partial charge in [-0.15, -0.1) is 11.3 Å². The lowest BCUT2D eigenvalue weighted by atomic mass is 9.98. The van der Waals surface area contributed by atoms with Gasteiger partial charge in [0.25, 0.3) is 5.91 Å². The Morgan fingerprint density at radius 3 is 3.13 bits per heavy atom. The molecule has 6 heteroatoms. The summed E-state index contributed by atoms with van der Waals surface area (Å²) in [6.07, 6.45) is 3.98. The van der Waals surface area contributed by atoms with Crippen LogP contribution < -0.4 is 5.32 Å². The molecule has 3 heterocycles. The monoisotopic (exact) mass is 330 g/mol. The highest BCUT2D eigenvalue weighted by Gasteiger charge is 2.21. The Balaban J connectivity index is 1.48. The average Bonchev–Trinajstić information content (AvgIpc) is 2.99. The number of hydrogen-bond acceptors (Lipinski definition) is 5. The number of amides is 1. The van der Waals surface area contributed by atoms with Crippen molar-refractivity contribution in [1.82, 2.24) is 20.2 Å². The summed E-state index contributed by atoms with van der Waals surface area (Å²) >= 11 is 1.73. The Kier molecular flexibility index (Phi) is 5.35. The van der Waals surface area contributed by atoms with E-state index in [1.165, 1.54) is 11.4 Å². The van der Waals surface area contributed by atoms with Crippen LogP contribution in [0.2, 0.25) is 0 Å². The molecule has 1 aliphatic heterocycles. The van der Waals surface area contributed by atoms with Crippen LogP contribution in [0.25, 0.3) is 0 Å². The molecule has 1 atom stereocenters. The summed E-state index contributed by atoms with van der Waals surface area (Å²) in [7, 11) is 0. The lowest BCUT2D eigenvalue weighted by molar-refractivity contribution is 0.0925. The summed E-state index contributed by atoms with van der Waals surface area (Å²) in [6.45, 7) is 5.79. The standard InChI is InChI=1S/C17H22N4OS/c1-13-12-23-16(20-13)11-21-8-4-5-14(10-21)9-19-17(22)15-6-2-3-7-18-15/h2-3,6-7,12,14H,4-5,8-11H2,1H3,(H,19,22). The van der Waals surface area contributed by atoms with Crippen molar-refractivity contribution in [2.75, 3.05) is 19.6 Å². The summed E-state index contributed by atoms with van der Waals surface area (Å²) in [5, 5.41) is 6.30. The van der Waals surface area contributed by atoms with Crippen LogP contribution in [0.4, 0.5) is 0 Å². The molecule has 2 aromatic rings. The highest BCUT2D eigenvalue weighted by atomic mass is 32.1. The lowest BCUT2D eigenvalue weighted by Crippen LogP contribution is -2.40. The second-order valence-corrected chi connectivity index (χ2v) is 6.99. The zero-order valence-electron chi connectivity index (χ0n) is 13.4. The zero-order chi connectivity index (χ0) is 16.1. The fourth-order valence-electron chi connectivity index (χ4n) is 2.95.